The van der Waals surface area contributed by atoms with Crippen molar-refractivity contribution in [1.29, 1.82) is 0 Å². The molecule has 1 fully saturated rings. The van der Waals surface area contributed by atoms with E-state index in [9.17, 15) is 0 Å². The van der Waals surface area contributed by atoms with Gasteiger partial charge in [-0.15, -0.1) is 11.6 Å². The lowest BCUT2D eigenvalue weighted by Crippen LogP contribution is -1.98. The molecule has 0 spiro atoms. The van der Waals surface area contributed by atoms with Gasteiger partial charge in [0.1, 0.15) is 0 Å². The van der Waals surface area contributed by atoms with Gasteiger partial charge in [-0.2, -0.15) is 0 Å². The van der Waals surface area contributed by atoms with E-state index in [1.54, 1.807) is 0 Å². The highest BCUT2D eigenvalue weighted by molar-refractivity contribution is 6.17. The first kappa shape index (κ1) is 6.37. The van der Waals surface area contributed by atoms with Crippen LogP contribution in [0, 0.1) is 5.92 Å². The third kappa shape index (κ3) is 1.64. The van der Waals surface area contributed by atoms with Crippen LogP contribution in [0.5, 0.6) is 0 Å². The average molecular weight is 135 g/mol. The molecule has 0 aliphatic carbocycles. The molecule has 0 N–H and O–H groups in total. The predicted octanol–water partition coefficient (Wildman–Crippen LogP) is 1.65. The van der Waals surface area contributed by atoms with Gasteiger partial charge in [-0.1, -0.05) is 0 Å². The number of ether oxygens (including phenoxy) is 1. The molecule has 1 aliphatic heterocycles. The summed E-state index contributed by atoms with van der Waals surface area (Å²) in [5, 5.41) is 0. The molecule has 0 radical (unpaired) electrons. The van der Waals surface area contributed by atoms with Crippen molar-refractivity contribution >= 4 is 11.6 Å². The van der Waals surface area contributed by atoms with Crippen LogP contribution in [0.2, 0.25) is 0 Å². The van der Waals surface area contributed by atoms with Crippen molar-refractivity contribution in [3.05, 3.63) is 0 Å². The Morgan fingerprint density at radius 2 is 2.50 bits per heavy atom. The highest BCUT2D eigenvalue weighted by Crippen LogP contribution is 2.15. The van der Waals surface area contributed by atoms with E-state index in [1.165, 1.54) is 6.42 Å². The van der Waals surface area contributed by atoms with Crippen molar-refractivity contribution in [2.75, 3.05) is 19.1 Å². The third-order valence-electron chi connectivity index (χ3n) is 1.54. The Bertz CT molecular complexity index is 59.5. The lowest BCUT2D eigenvalue weighted by Gasteiger charge is -2.00. The summed E-state index contributed by atoms with van der Waals surface area (Å²) in [5.41, 5.74) is 0. The van der Waals surface area contributed by atoms with Gasteiger partial charge in [0.25, 0.3) is 0 Å². The minimum atomic E-state index is 0.757. The van der Waals surface area contributed by atoms with Crippen LogP contribution in [0.1, 0.15) is 12.8 Å². The highest BCUT2D eigenvalue weighted by atomic mass is 35.5. The number of alkyl halides is 1. The Balaban J connectivity index is 2.06. The first-order valence-corrected chi connectivity index (χ1v) is 3.60. The fraction of sp³-hybridized carbons (Fsp3) is 1.00. The molecular weight excluding hydrogens is 124 g/mol. The van der Waals surface area contributed by atoms with E-state index in [0.717, 1.165) is 31.4 Å². The molecule has 1 unspecified atom stereocenters. The van der Waals surface area contributed by atoms with Crippen LogP contribution in [0.15, 0.2) is 0 Å². The minimum absolute atomic E-state index is 0.757. The second kappa shape index (κ2) is 3.31. The zero-order valence-electron chi connectivity index (χ0n) is 4.90. The van der Waals surface area contributed by atoms with Gasteiger partial charge in [-0.3, -0.25) is 0 Å². The van der Waals surface area contributed by atoms with Gasteiger partial charge in [-0.25, -0.2) is 0 Å². The number of halogens is 1. The maximum atomic E-state index is 5.53. The molecule has 0 aromatic carbocycles. The minimum Gasteiger partial charge on any atom is -0.381 e. The fourth-order valence-corrected chi connectivity index (χ4v) is 1.27. The Labute approximate surface area is 55.0 Å². The van der Waals surface area contributed by atoms with Crippen molar-refractivity contribution in [3.63, 3.8) is 0 Å². The quantitative estimate of drug-likeness (QED) is 0.522. The summed E-state index contributed by atoms with van der Waals surface area (Å²) in [6.07, 6.45) is 2.34. The summed E-state index contributed by atoms with van der Waals surface area (Å²) in [5.74, 6) is 1.54. The van der Waals surface area contributed by atoms with Gasteiger partial charge >= 0.3 is 0 Å². The molecule has 0 aromatic rings. The number of hydrogen-bond acceptors (Lipinski definition) is 1. The zero-order chi connectivity index (χ0) is 5.82. The van der Waals surface area contributed by atoms with Crippen LogP contribution >= 0.6 is 11.6 Å². The molecule has 48 valence electrons. The predicted molar refractivity (Wildman–Crippen MR) is 34.3 cm³/mol. The zero-order valence-corrected chi connectivity index (χ0v) is 5.66. The van der Waals surface area contributed by atoms with Crippen molar-refractivity contribution in [3.8, 4) is 0 Å². The highest BCUT2D eigenvalue weighted by Gasteiger charge is 2.13. The Hall–Kier alpha value is 0.250. The van der Waals surface area contributed by atoms with Gasteiger partial charge in [0.2, 0.25) is 0 Å². The van der Waals surface area contributed by atoms with E-state index in [-0.39, 0.29) is 0 Å². The number of hydrogen-bond donors (Lipinski definition) is 0. The molecule has 2 heteroatoms. The molecule has 1 saturated heterocycles. The summed E-state index contributed by atoms with van der Waals surface area (Å²) < 4.78 is 5.15. The summed E-state index contributed by atoms with van der Waals surface area (Å²) in [6.45, 7) is 1.88. The molecule has 0 aromatic heterocycles. The van der Waals surface area contributed by atoms with E-state index < -0.39 is 0 Å². The van der Waals surface area contributed by atoms with E-state index >= 15 is 0 Å². The average Bonchev–Trinajstić information content (AvgIpc) is 2.19. The first-order valence-electron chi connectivity index (χ1n) is 3.07. The monoisotopic (exact) mass is 134 g/mol. The van der Waals surface area contributed by atoms with Gasteiger partial charge in [-0.05, 0) is 18.8 Å². The summed E-state index contributed by atoms with van der Waals surface area (Å²) in [6, 6.07) is 0. The second-order valence-corrected chi connectivity index (χ2v) is 2.59. The van der Waals surface area contributed by atoms with Gasteiger partial charge < -0.3 is 4.74 Å². The standard InChI is InChI=1S/C6H11ClO/c7-3-1-6-2-4-8-5-6/h6H,1-5H2. The van der Waals surface area contributed by atoms with Crippen LogP contribution < -0.4 is 0 Å². The van der Waals surface area contributed by atoms with E-state index in [4.69, 9.17) is 16.3 Å². The SMILES string of the molecule is ClCCC1CCOC1. The van der Waals surface area contributed by atoms with E-state index in [0.29, 0.717) is 0 Å². The summed E-state index contributed by atoms with van der Waals surface area (Å²) >= 11 is 5.53. The lowest BCUT2D eigenvalue weighted by molar-refractivity contribution is 0.185. The van der Waals surface area contributed by atoms with Crippen LogP contribution in [0.25, 0.3) is 0 Å². The van der Waals surface area contributed by atoms with E-state index in [2.05, 4.69) is 0 Å². The molecule has 1 atom stereocenters. The Morgan fingerprint density at radius 3 is 3.00 bits per heavy atom. The smallest absolute Gasteiger partial charge is 0.0495 e. The van der Waals surface area contributed by atoms with Gasteiger partial charge in [0.15, 0.2) is 0 Å². The maximum absolute atomic E-state index is 5.53. The topological polar surface area (TPSA) is 9.23 Å². The fourth-order valence-electron chi connectivity index (χ4n) is 0.965. The molecule has 1 heterocycles. The van der Waals surface area contributed by atoms with Crippen LogP contribution in [0.3, 0.4) is 0 Å². The lowest BCUT2D eigenvalue weighted by atomic mass is 10.1. The van der Waals surface area contributed by atoms with Crippen LogP contribution in [-0.2, 0) is 4.74 Å². The molecule has 0 amide bonds. The van der Waals surface area contributed by atoms with Crippen LogP contribution in [-0.4, -0.2) is 19.1 Å². The second-order valence-electron chi connectivity index (χ2n) is 2.21. The summed E-state index contributed by atoms with van der Waals surface area (Å²) in [7, 11) is 0. The van der Waals surface area contributed by atoms with Crippen LogP contribution in [0.4, 0.5) is 0 Å². The molecular formula is C6H11ClO. The summed E-state index contributed by atoms with van der Waals surface area (Å²) in [4.78, 5) is 0. The third-order valence-corrected chi connectivity index (χ3v) is 1.76. The molecule has 0 bridgehead atoms. The molecule has 1 rings (SSSR count). The van der Waals surface area contributed by atoms with Crippen molar-refractivity contribution < 1.29 is 4.74 Å². The maximum Gasteiger partial charge on any atom is 0.0495 e. The molecule has 8 heavy (non-hydrogen) atoms. The van der Waals surface area contributed by atoms with E-state index in [1.807, 2.05) is 0 Å². The van der Waals surface area contributed by atoms with Crippen molar-refractivity contribution in [2.45, 2.75) is 12.8 Å². The Kier molecular flexibility index (Phi) is 2.64. The number of rotatable bonds is 2. The first-order chi connectivity index (χ1) is 3.93. The normalized spacial score (nSPS) is 28.9. The largest absolute Gasteiger partial charge is 0.381 e. The Morgan fingerprint density at radius 1 is 1.62 bits per heavy atom. The molecule has 0 saturated carbocycles. The van der Waals surface area contributed by atoms with Crippen molar-refractivity contribution in [2.24, 2.45) is 5.92 Å². The van der Waals surface area contributed by atoms with Crippen molar-refractivity contribution in [1.82, 2.24) is 0 Å². The van der Waals surface area contributed by atoms with Gasteiger partial charge in [0, 0.05) is 19.1 Å². The van der Waals surface area contributed by atoms with Gasteiger partial charge in [0.05, 0.1) is 0 Å². The molecule has 1 nitrogen and oxygen atoms in total. The molecule has 1 aliphatic rings.